The van der Waals surface area contributed by atoms with Crippen LogP contribution in [-0.2, 0) is 11.3 Å². The molecule has 0 bridgehead atoms. The third kappa shape index (κ3) is 9.45. The molecule has 1 N–H and O–H groups in total. The maximum atomic E-state index is 13.5. The highest BCUT2D eigenvalue weighted by atomic mass is 35.5. The van der Waals surface area contributed by atoms with Crippen LogP contribution in [0.15, 0.2) is 54.6 Å². The van der Waals surface area contributed by atoms with Gasteiger partial charge in [-0.05, 0) is 63.7 Å². The Labute approximate surface area is 216 Å². The first-order valence-electron chi connectivity index (χ1n) is 12.2. The van der Waals surface area contributed by atoms with Crippen molar-refractivity contribution in [2.45, 2.75) is 53.1 Å². The zero-order valence-corrected chi connectivity index (χ0v) is 22.4. The number of quaternary nitrogens is 1. The first-order valence-corrected chi connectivity index (χ1v) is 12.2. The first-order chi connectivity index (χ1) is 16.2. The van der Waals surface area contributed by atoms with Crippen molar-refractivity contribution in [3.8, 4) is 6.07 Å². The van der Waals surface area contributed by atoms with E-state index in [4.69, 9.17) is 5.26 Å². The van der Waals surface area contributed by atoms with Crippen molar-refractivity contribution in [1.82, 2.24) is 9.80 Å². The van der Waals surface area contributed by atoms with Gasteiger partial charge in [0.2, 0.25) is 0 Å². The number of nitrogens with zero attached hydrogens (tertiary/aromatic N) is 3. The van der Waals surface area contributed by atoms with Crippen LogP contribution < -0.4 is 17.3 Å². The highest BCUT2D eigenvalue weighted by Gasteiger charge is 2.32. The van der Waals surface area contributed by atoms with Crippen LogP contribution in [0.25, 0.3) is 0 Å². The summed E-state index contributed by atoms with van der Waals surface area (Å²) in [6.45, 7) is 14.3. The lowest BCUT2D eigenvalue weighted by Crippen LogP contribution is -3.15. The molecule has 0 saturated carbocycles. The summed E-state index contributed by atoms with van der Waals surface area (Å²) in [5.41, 5.74) is 1.72. The number of nitriles is 1. The van der Waals surface area contributed by atoms with Gasteiger partial charge in [-0.1, -0.05) is 44.2 Å². The molecule has 1 atom stereocenters. The quantitative estimate of drug-likeness (QED) is 0.479. The maximum absolute atomic E-state index is 13.5. The molecule has 0 radical (unpaired) electrons. The van der Waals surface area contributed by atoms with Crippen LogP contribution in [-0.4, -0.2) is 59.9 Å². The van der Waals surface area contributed by atoms with Crippen LogP contribution in [0.5, 0.6) is 0 Å². The lowest BCUT2D eigenvalue weighted by atomic mass is 10.0. The maximum Gasteiger partial charge on any atom is 0.344 e. The van der Waals surface area contributed by atoms with Crippen molar-refractivity contribution in [3.63, 3.8) is 0 Å². The normalized spacial score (nSPS) is 11.9. The number of carbonyl (C=O) groups excluding carboxylic acids is 2. The summed E-state index contributed by atoms with van der Waals surface area (Å²) < 4.78 is 0. The number of amides is 2. The SMILES string of the molecule is CCN(CC)CCC[NH+](CC(=O)N(Cc1ccccc1)C(C)(C)C)C(=O)c1ccc(C#N)cc1.[Cl-]. The fraction of sp³-hybridized carbons (Fsp3) is 0.464. The summed E-state index contributed by atoms with van der Waals surface area (Å²) >= 11 is 0. The smallest absolute Gasteiger partial charge is 0.344 e. The minimum atomic E-state index is -0.378. The Balaban J connectivity index is 0.00000612. The van der Waals surface area contributed by atoms with E-state index >= 15 is 0 Å². The molecule has 0 aliphatic rings. The zero-order valence-electron chi connectivity index (χ0n) is 21.7. The van der Waals surface area contributed by atoms with Gasteiger partial charge in [-0.3, -0.25) is 9.69 Å². The molecule has 0 saturated heterocycles. The Morgan fingerprint density at radius 1 is 0.971 bits per heavy atom. The fourth-order valence-electron chi connectivity index (χ4n) is 3.98. The van der Waals surface area contributed by atoms with E-state index in [9.17, 15) is 9.59 Å². The minimum Gasteiger partial charge on any atom is -1.00 e. The monoisotopic (exact) mass is 498 g/mol. The molecule has 35 heavy (non-hydrogen) atoms. The van der Waals surface area contributed by atoms with Gasteiger partial charge in [0.1, 0.15) is 0 Å². The van der Waals surface area contributed by atoms with Crippen molar-refractivity contribution in [1.29, 1.82) is 5.26 Å². The van der Waals surface area contributed by atoms with E-state index < -0.39 is 0 Å². The molecule has 0 heterocycles. The lowest BCUT2D eigenvalue weighted by molar-refractivity contribution is -0.806. The second-order valence-corrected chi connectivity index (χ2v) is 9.57. The van der Waals surface area contributed by atoms with Gasteiger partial charge in [0.05, 0.1) is 23.7 Å². The molecule has 6 nitrogen and oxygen atoms in total. The topological polar surface area (TPSA) is 68.8 Å². The van der Waals surface area contributed by atoms with Gasteiger partial charge >= 0.3 is 5.91 Å². The van der Waals surface area contributed by atoms with Crippen LogP contribution in [0.3, 0.4) is 0 Å². The van der Waals surface area contributed by atoms with E-state index in [-0.39, 0.29) is 36.3 Å². The standard InChI is InChI=1S/C28H38N4O2.ClH/c1-6-30(7-2)18-11-19-31(27(34)25-16-14-23(20-29)15-17-25)22-26(33)32(28(3,4)5)21-24-12-9-8-10-13-24;/h8-10,12-17H,6-7,11,18-19,21-22H2,1-5H3;1H. The Morgan fingerprint density at radius 2 is 1.57 bits per heavy atom. The molecule has 0 aliphatic carbocycles. The van der Waals surface area contributed by atoms with Gasteiger partial charge in [0.25, 0.3) is 5.91 Å². The lowest BCUT2D eigenvalue weighted by Gasteiger charge is -2.36. The summed E-state index contributed by atoms with van der Waals surface area (Å²) in [6.07, 6.45) is 0.820. The largest absolute Gasteiger partial charge is 1.00 e. The van der Waals surface area contributed by atoms with Crippen LogP contribution in [0.1, 0.15) is 62.5 Å². The van der Waals surface area contributed by atoms with Gasteiger partial charge in [-0.25, -0.2) is 4.79 Å². The highest BCUT2D eigenvalue weighted by Crippen LogP contribution is 2.17. The molecule has 190 valence electrons. The average molecular weight is 499 g/mol. The molecular formula is C28H39ClN4O2. The van der Waals surface area contributed by atoms with E-state index in [1.807, 2.05) is 56.0 Å². The molecule has 0 fully saturated rings. The second kappa shape index (κ2) is 14.6. The van der Waals surface area contributed by atoms with Crippen LogP contribution in [0.2, 0.25) is 0 Å². The van der Waals surface area contributed by atoms with Gasteiger partial charge in [0.15, 0.2) is 6.54 Å². The van der Waals surface area contributed by atoms with E-state index in [0.29, 0.717) is 29.1 Å². The van der Waals surface area contributed by atoms with Crippen LogP contribution in [0.4, 0.5) is 0 Å². The summed E-state index contributed by atoms with van der Waals surface area (Å²) in [4.78, 5) is 31.8. The number of benzene rings is 2. The van der Waals surface area contributed by atoms with Crippen molar-refractivity contribution >= 4 is 11.8 Å². The molecule has 1 unspecified atom stereocenters. The Kier molecular flexibility index (Phi) is 12.7. The molecule has 7 heteroatoms. The number of hydrogen-bond donors (Lipinski definition) is 1. The molecule has 0 aromatic heterocycles. The van der Waals surface area contributed by atoms with E-state index in [0.717, 1.165) is 31.6 Å². The van der Waals surface area contributed by atoms with Crippen molar-refractivity contribution in [2.75, 3.05) is 32.7 Å². The molecular weight excluding hydrogens is 460 g/mol. The predicted octanol–water partition coefficient (Wildman–Crippen LogP) is 0.147. The number of nitrogens with one attached hydrogen (secondary N) is 1. The molecule has 0 aliphatic heterocycles. The summed E-state index contributed by atoms with van der Waals surface area (Å²) in [5, 5.41) is 9.07. The van der Waals surface area contributed by atoms with Gasteiger partial charge in [0, 0.05) is 25.0 Å². The molecule has 2 aromatic carbocycles. The number of rotatable bonds is 11. The van der Waals surface area contributed by atoms with Crippen molar-refractivity contribution < 1.29 is 26.9 Å². The van der Waals surface area contributed by atoms with Crippen LogP contribution in [0, 0.1) is 11.3 Å². The van der Waals surface area contributed by atoms with E-state index in [1.54, 1.807) is 24.3 Å². The van der Waals surface area contributed by atoms with Crippen LogP contribution >= 0.6 is 0 Å². The summed E-state index contributed by atoms with van der Waals surface area (Å²) in [7, 11) is 0. The van der Waals surface area contributed by atoms with E-state index in [1.165, 1.54) is 0 Å². The predicted molar refractivity (Wildman–Crippen MR) is 135 cm³/mol. The molecule has 0 spiro atoms. The van der Waals surface area contributed by atoms with Crippen molar-refractivity contribution in [2.24, 2.45) is 0 Å². The minimum absolute atomic E-state index is 0. The molecule has 2 amide bonds. The van der Waals surface area contributed by atoms with E-state index in [2.05, 4.69) is 24.8 Å². The average Bonchev–Trinajstić information content (AvgIpc) is 2.84. The Hall–Kier alpha value is -2.72. The van der Waals surface area contributed by atoms with Gasteiger partial charge in [-0.2, -0.15) is 5.26 Å². The summed E-state index contributed by atoms with van der Waals surface area (Å²) in [6, 6.07) is 18.7. The number of carbonyl (C=O) groups is 2. The Morgan fingerprint density at radius 3 is 2.09 bits per heavy atom. The Bertz CT molecular complexity index is 961. The fourth-order valence-corrected chi connectivity index (χ4v) is 3.98. The van der Waals surface area contributed by atoms with Crippen molar-refractivity contribution in [3.05, 3.63) is 71.3 Å². The highest BCUT2D eigenvalue weighted by molar-refractivity contribution is 5.89. The van der Waals surface area contributed by atoms with Gasteiger partial charge in [-0.15, -0.1) is 0 Å². The second-order valence-electron chi connectivity index (χ2n) is 9.57. The van der Waals surface area contributed by atoms with Gasteiger partial charge < -0.3 is 22.2 Å². The number of hydrogen-bond acceptors (Lipinski definition) is 4. The molecule has 2 aromatic rings. The summed E-state index contributed by atoms with van der Waals surface area (Å²) in [5.74, 6) is -0.151. The third-order valence-electron chi connectivity index (χ3n) is 6.10. The zero-order chi connectivity index (χ0) is 25.1. The first kappa shape index (κ1) is 30.3. The molecule has 2 rings (SSSR count). The third-order valence-corrected chi connectivity index (χ3v) is 6.10. The number of halogens is 1.